The predicted molar refractivity (Wildman–Crippen MR) is 109 cm³/mol. The summed E-state index contributed by atoms with van der Waals surface area (Å²) in [7, 11) is 0. The second-order valence-electron chi connectivity index (χ2n) is 7.50. The van der Waals surface area contributed by atoms with Gasteiger partial charge in [0.2, 0.25) is 5.91 Å². The number of thiophene rings is 1. The molecule has 0 spiro atoms. The summed E-state index contributed by atoms with van der Waals surface area (Å²) in [4.78, 5) is 28.3. The summed E-state index contributed by atoms with van der Waals surface area (Å²) in [6, 6.07) is 12.8. The Morgan fingerprint density at radius 1 is 1.11 bits per heavy atom. The van der Waals surface area contributed by atoms with Crippen molar-refractivity contribution >= 4 is 23.0 Å². The molecule has 3 rings (SSSR count). The average molecular weight is 386 g/mol. The molecule has 1 aliphatic rings. The van der Waals surface area contributed by atoms with Gasteiger partial charge in [-0.1, -0.05) is 30.3 Å². The largest absolute Gasteiger partial charge is 0.353 e. The fourth-order valence-corrected chi connectivity index (χ4v) is 4.74. The van der Waals surface area contributed by atoms with Crippen LogP contribution in [0.15, 0.2) is 36.4 Å². The molecule has 0 radical (unpaired) electrons. The zero-order chi connectivity index (χ0) is 19.2. The summed E-state index contributed by atoms with van der Waals surface area (Å²) < 4.78 is 0. The molecule has 0 aliphatic carbocycles. The Morgan fingerprint density at radius 2 is 1.81 bits per heavy atom. The molecule has 1 aromatic heterocycles. The second kappa shape index (κ2) is 9.29. The SMILES string of the molecule is Cc1cc(C(=O)CCC(=O)NC2CC[NH+](Cc3ccccc3)CC2)c(C)s1. The number of nitrogens with one attached hydrogen (secondary N) is 2. The third-order valence-corrected chi connectivity index (χ3v) is 6.24. The van der Waals surface area contributed by atoms with Crippen LogP contribution >= 0.6 is 11.3 Å². The number of aryl methyl sites for hydroxylation is 2. The van der Waals surface area contributed by atoms with Crippen molar-refractivity contribution in [3.63, 3.8) is 0 Å². The van der Waals surface area contributed by atoms with Crippen LogP contribution in [0.1, 0.15) is 51.4 Å². The lowest BCUT2D eigenvalue weighted by atomic mass is 10.0. The summed E-state index contributed by atoms with van der Waals surface area (Å²) in [5.74, 6) is 0.0820. The van der Waals surface area contributed by atoms with Gasteiger partial charge in [-0.15, -0.1) is 11.3 Å². The second-order valence-corrected chi connectivity index (χ2v) is 8.96. The molecule has 4 nitrogen and oxygen atoms in total. The summed E-state index contributed by atoms with van der Waals surface area (Å²) in [5.41, 5.74) is 2.15. The molecule has 27 heavy (non-hydrogen) atoms. The van der Waals surface area contributed by atoms with Crippen molar-refractivity contribution in [3.05, 3.63) is 57.3 Å². The number of hydrogen-bond acceptors (Lipinski definition) is 3. The van der Waals surface area contributed by atoms with Gasteiger partial charge in [-0.25, -0.2) is 0 Å². The maximum atomic E-state index is 12.3. The minimum absolute atomic E-state index is 0.00413. The van der Waals surface area contributed by atoms with Gasteiger partial charge in [-0.2, -0.15) is 0 Å². The number of piperidine rings is 1. The molecular formula is C22H29N2O2S+. The smallest absolute Gasteiger partial charge is 0.220 e. The number of Topliss-reactive ketones (excluding diaryl/α,β-unsaturated/α-hetero) is 1. The Kier molecular flexibility index (Phi) is 6.80. The zero-order valence-corrected chi connectivity index (χ0v) is 17.0. The number of quaternary nitrogens is 1. The molecule has 2 N–H and O–H groups in total. The third kappa shape index (κ3) is 5.75. The molecule has 0 saturated carbocycles. The van der Waals surface area contributed by atoms with E-state index in [0.29, 0.717) is 6.42 Å². The number of carbonyl (C=O) groups excluding carboxylic acids is 2. The first-order chi connectivity index (χ1) is 13.0. The Balaban J connectivity index is 1.38. The normalized spacial score (nSPS) is 19.6. The van der Waals surface area contributed by atoms with Gasteiger partial charge in [0, 0.05) is 52.6 Å². The molecule has 2 aromatic rings. The van der Waals surface area contributed by atoms with Gasteiger partial charge in [-0.3, -0.25) is 9.59 Å². The quantitative estimate of drug-likeness (QED) is 0.720. The topological polar surface area (TPSA) is 50.6 Å². The van der Waals surface area contributed by atoms with Crippen LogP contribution in [-0.4, -0.2) is 30.8 Å². The summed E-state index contributed by atoms with van der Waals surface area (Å²) in [5, 5.41) is 3.13. The summed E-state index contributed by atoms with van der Waals surface area (Å²) >= 11 is 1.64. The number of hydrogen-bond donors (Lipinski definition) is 2. The lowest BCUT2D eigenvalue weighted by molar-refractivity contribution is -0.918. The van der Waals surface area contributed by atoms with Gasteiger partial charge < -0.3 is 10.2 Å². The van der Waals surface area contributed by atoms with Crippen molar-refractivity contribution in [1.29, 1.82) is 0 Å². The monoisotopic (exact) mass is 385 g/mol. The van der Waals surface area contributed by atoms with Crippen LogP contribution in [0.4, 0.5) is 0 Å². The predicted octanol–water partition coefficient (Wildman–Crippen LogP) is 2.69. The van der Waals surface area contributed by atoms with Gasteiger partial charge in [0.1, 0.15) is 6.54 Å². The van der Waals surface area contributed by atoms with Crippen LogP contribution in [0.2, 0.25) is 0 Å². The highest BCUT2D eigenvalue weighted by Crippen LogP contribution is 2.22. The summed E-state index contributed by atoms with van der Waals surface area (Å²) in [6.45, 7) is 7.18. The number of benzene rings is 1. The average Bonchev–Trinajstić information content (AvgIpc) is 3.00. The van der Waals surface area contributed by atoms with E-state index >= 15 is 0 Å². The lowest BCUT2D eigenvalue weighted by Crippen LogP contribution is -3.12. The Labute approximate surface area is 165 Å². The highest BCUT2D eigenvalue weighted by Gasteiger charge is 2.23. The first kappa shape index (κ1) is 19.8. The van der Waals surface area contributed by atoms with Crippen molar-refractivity contribution < 1.29 is 14.5 Å². The van der Waals surface area contributed by atoms with Gasteiger partial charge in [0.15, 0.2) is 5.78 Å². The molecule has 144 valence electrons. The highest BCUT2D eigenvalue weighted by molar-refractivity contribution is 7.12. The van der Waals surface area contributed by atoms with Crippen molar-refractivity contribution in [2.45, 2.75) is 52.1 Å². The van der Waals surface area contributed by atoms with Crippen LogP contribution in [0.5, 0.6) is 0 Å². The van der Waals surface area contributed by atoms with E-state index in [9.17, 15) is 9.59 Å². The molecular weight excluding hydrogens is 356 g/mol. The minimum atomic E-state index is 0.00413. The van der Waals surface area contributed by atoms with Gasteiger partial charge in [-0.05, 0) is 19.9 Å². The molecule has 1 aliphatic heterocycles. The number of likely N-dealkylation sites (tertiary alicyclic amines) is 1. The number of carbonyl (C=O) groups is 2. The standard InChI is InChI=1S/C22H28N2O2S/c1-16-14-20(17(2)27-16)21(25)8-9-22(26)23-19-10-12-24(13-11-19)15-18-6-4-3-5-7-18/h3-7,14,19H,8-13,15H2,1-2H3,(H,23,26)/p+1. The number of ketones is 1. The van der Waals surface area contributed by atoms with Gasteiger partial charge in [0.25, 0.3) is 0 Å². The van der Waals surface area contributed by atoms with E-state index in [1.807, 2.05) is 26.0 Å². The molecule has 1 aromatic carbocycles. The van der Waals surface area contributed by atoms with Crippen LogP contribution in [0.3, 0.4) is 0 Å². The van der Waals surface area contributed by atoms with E-state index in [-0.39, 0.29) is 24.2 Å². The fourth-order valence-electron chi connectivity index (χ4n) is 3.80. The third-order valence-electron chi connectivity index (χ3n) is 5.28. The highest BCUT2D eigenvalue weighted by atomic mass is 32.1. The van der Waals surface area contributed by atoms with Crippen molar-refractivity contribution in [3.8, 4) is 0 Å². The Bertz CT molecular complexity index is 777. The molecule has 0 unspecified atom stereocenters. The minimum Gasteiger partial charge on any atom is -0.353 e. The van der Waals surface area contributed by atoms with Crippen LogP contribution < -0.4 is 10.2 Å². The molecule has 1 amide bonds. The molecule has 5 heteroatoms. The van der Waals surface area contributed by atoms with E-state index in [2.05, 4.69) is 29.6 Å². The van der Waals surface area contributed by atoms with Gasteiger partial charge >= 0.3 is 0 Å². The molecule has 1 fully saturated rings. The van der Waals surface area contributed by atoms with E-state index in [4.69, 9.17) is 0 Å². The van der Waals surface area contributed by atoms with E-state index in [1.54, 1.807) is 16.2 Å². The van der Waals surface area contributed by atoms with Crippen LogP contribution in [0.25, 0.3) is 0 Å². The Morgan fingerprint density at radius 3 is 2.44 bits per heavy atom. The summed E-state index contributed by atoms with van der Waals surface area (Å²) in [6.07, 6.45) is 2.58. The van der Waals surface area contributed by atoms with Crippen LogP contribution in [-0.2, 0) is 11.3 Å². The maximum absolute atomic E-state index is 12.3. The maximum Gasteiger partial charge on any atom is 0.220 e. The number of amides is 1. The fraction of sp³-hybridized carbons (Fsp3) is 0.455. The van der Waals surface area contributed by atoms with Gasteiger partial charge in [0.05, 0.1) is 13.1 Å². The van der Waals surface area contributed by atoms with Crippen molar-refractivity contribution in [2.75, 3.05) is 13.1 Å². The molecule has 0 atom stereocenters. The van der Waals surface area contributed by atoms with Crippen molar-refractivity contribution in [1.82, 2.24) is 5.32 Å². The van der Waals surface area contributed by atoms with E-state index in [1.165, 1.54) is 5.56 Å². The lowest BCUT2D eigenvalue weighted by Gasteiger charge is -2.29. The first-order valence-electron chi connectivity index (χ1n) is 9.78. The van der Waals surface area contributed by atoms with Crippen molar-refractivity contribution in [2.24, 2.45) is 0 Å². The van der Waals surface area contributed by atoms with Crippen LogP contribution in [0, 0.1) is 13.8 Å². The zero-order valence-electron chi connectivity index (χ0n) is 16.2. The van der Waals surface area contributed by atoms with E-state index in [0.717, 1.165) is 47.8 Å². The molecule has 0 bridgehead atoms. The molecule has 1 saturated heterocycles. The molecule has 2 heterocycles. The van der Waals surface area contributed by atoms with E-state index < -0.39 is 0 Å². The first-order valence-corrected chi connectivity index (χ1v) is 10.6. The Hall–Kier alpha value is -1.98. The number of rotatable bonds is 7.